The molecule has 0 saturated carbocycles. The number of nitrogens with one attached hydrogen (secondary N) is 1. The van der Waals surface area contributed by atoms with Crippen LogP contribution in [0.2, 0.25) is 0 Å². The summed E-state index contributed by atoms with van der Waals surface area (Å²) in [6.45, 7) is 2.56. The number of methoxy groups -OCH3 is 1. The molecule has 3 heterocycles. The predicted molar refractivity (Wildman–Crippen MR) is 122 cm³/mol. The number of pyridine rings is 1. The van der Waals surface area contributed by atoms with Crippen molar-refractivity contribution in [3.8, 4) is 17.2 Å². The second-order valence-electron chi connectivity index (χ2n) is 8.31. The number of halogens is 1. The van der Waals surface area contributed by atoms with E-state index in [2.05, 4.69) is 10.3 Å². The Balaban J connectivity index is 1.16. The SMILES string of the molecule is COc1ccc2ncc(F)c(C(O)C[C@H]3OC[C@H](NCc4ccc5c(c4)OCCO5)CO3)c2c1. The minimum atomic E-state index is -1.12. The van der Waals surface area contributed by atoms with Gasteiger partial charge in [-0.1, -0.05) is 6.07 Å². The molecule has 0 spiro atoms. The molecule has 8 nitrogen and oxygen atoms in total. The minimum absolute atomic E-state index is 0.00986. The second-order valence-corrected chi connectivity index (χ2v) is 8.31. The summed E-state index contributed by atoms with van der Waals surface area (Å²) in [5, 5.41) is 14.7. The number of aromatic nitrogens is 1. The number of aliphatic hydroxyl groups is 1. The molecule has 1 fully saturated rings. The Bertz CT molecular complexity index is 1150. The Morgan fingerprint density at radius 2 is 1.91 bits per heavy atom. The van der Waals surface area contributed by atoms with Gasteiger partial charge in [0.1, 0.15) is 24.8 Å². The molecule has 2 N–H and O–H groups in total. The van der Waals surface area contributed by atoms with Gasteiger partial charge < -0.3 is 34.1 Å². The lowest BCUT2D eigenvalue weighted by molar-refractivity contribution is -0.202. The molecule has 0 amide bonds. The van der Waals surface area contributed by atoms with E-state index in [-0.39, 0.29) is 18.0 Å². The molecule has 0 radical (unpaired) electrons. The third-order valence-corrected chi connectivity index (χ3v) is 5.99. The number of ether oxygens (including phenoxy) is 5. The lowest BCUT2D eigenvalue weighted by Gasteiger charge is -2.31. The summed E-state index contributed by atoms with van der Waals surface area (Å²) >= 11 is 0. The normalized spacial score (nSPS) is 20.8. The quantitative estimate of drug-likeness (QED) is 0.545. The molecule has 9 heteroatoms. The summed E-state index contributed by atoms with van der Waals surface area (Å²) in [7, 11) is 1.53. The van der Waals surface area contributed by atoms with Crippen LogP contribution in [0.15, 0.2) is 42.6 Å². The molecule has 3 aromatic rings. The van der Waals surface area contributed by atoms with Crippen molar-refractivity contribution in [1.82, 2.24) is 10.3 Å². The molecule has 0 aliphatic carbocycles. The first-order valence-corrected chi connectivity index (χ1v) is 11.3. The minimum Gasteiger partial charge on any atom is -0.497 e. The van der Waals surface area contributed by atoms with E-state index in [1.165, 1.54) is 7.11 Å². The number of fused-ring (bicyclic) bond motifs is 2. The van der Waals surface area contributed by atoms with Crippen molar-refractivity contribution in [3.63, 3.8) is 0 Å². The maximum absolute atomic E-state index is 14.6. The molecule has 1 saturated heterocycles. The van der Waals surface area contributed by atoms with Crippen LogP contribution in [-0.4, -0.2) is 56.0 Å². The van der Waals surface area contributed by atoms with Crippen LogP contribution in [0.1, 0.15) is 23.7 Å². The molecule has 1 unspecified atom stereocenters. The molecule has 1 atom stereocenters. The van der Waals surface area contributed by atoms with Crippen molar-refractivity contribution in [2.45, 2.75) is 31.4 Å². The fraction of sp³-hybridized carbons (Fsp3) is 0.400. The van der Waals surface area contributed by atoms with Gasteiger partial charge in [0.25, 0.3) is 0 Å². The Morgan fingerprint density at radius 1 is 1.12 bits per heavy atom. The molecule has 180 valence electrons. The van der Waals surface area contributed by atoms with E-state index >= 15 is 0 Å². The van der Waals surface area contributed by atoms with E-state index in [9.17, 15) is 9.50 Å². The molecule has 34 heavy (non-hydrogen) atoms. The highest BCUT2D eigenvalue weighted by atomic mass is 19.1. The fourth-order valence-corrected chi connectivity index (χ4v) is 4.19. The standard InChI is InChI=1S/C25H27FN2O6/c1-30-17-3-4-20-18(9-17)25(19(26)12-28-20)21(29)10-24-33-13-16(14-34-24)27-11-15-2-5-22-23(8-15)32-7-6-31-22/h2-5,8-9,12,16,21,24,27,29H,6-7,10-11,13-14H2,1H3/t16-,21?,24-. The van der Waals surface area contributed by atoms with Gasteiger partial charge in [0.2, 0.25) is 0 Å². The van der Waals surface area contributed by atoms with Crippen molar-refractivity contribution in [3.05, 3.63) is 59.5 Å². The highest BCUT2D eigenvalue weighted by Gasteiger charge is 2.27. The first kappa shape index (κ1) is 22.8. The molecule has 1 aromatic heterocycles. The summed E-state index contributed by atoms with van der Waals surface area (Å²) < 4.78 is 42.6. The third kappa shape index (κ3) is 4.92. The first-order valence-electron chi connectivity index (χ1n) is 11.3. The number of aliphatic hydroxyl groups excluding tert-OH is 1. The van der Waals surface area contributed by atoms with Crippen molar-refractivity contribution >= 4 is 10.9 Å². The lowest BCUT2D eigenvalue weighted by Crippen LogP contribution is -2.44. The highest BCUT2D eigenvalue weighted by Crippen LogP contribution is 2.33. The van der Waals surface area contributed by atoms with Crippen LogP contribution < -0.4 is 19.5 Å². The largest absolute Gasteiger partial charge is 0.497 e. The summed E-state index contributed by atoms with van der Waals surface area (Å²) in [5.74, 6) is 1.50. The van der Waals surface area contributed by atoms with Gasteiger partial charge in [-0.05, 0) is 35.9 Å². The molecule has 2 aliphatic rings. The van der Waals surface area contributed by atoms with E-state index < -0.39 is 18.2 Å². The Morgan fingerprint density at radius 3 is 2.71 bits per heavy atom. The number of nitrogens with zero attached hydrogens (tertiary/aromatic N) is 1. The van der Waals surface area contributed by atoms with Gasteiger partial charge in [-0.3, -0.25) is 4.98 Å². The predicted octanol–water partition coefficient (Wildman–Crippen LogP) is 3.11. The fourth-order valence-electron chi connectivity index (χ4n) is 4.19. The van der Waals surface area contributed by atoms with Gasteiger partial charge in [-0.2, -0.15) is 0 Å². The van der Waals surface area contributed by atoms with Gasteiger partial charge in [0.15, 0.2) is 17.8 Å². The van der Waals surface area contributed by atoms with Crippen molar-refractivity contribution in [1.29, 1.82) is 0 Å². The zero-order chi connectivity index (χ0) is 23.5. The molecule has 5 rings (SSSR count). The molecule has 2 aliphatic heterocycles. The number of hydrogen-bond donors (Lipinski definition) is 2. The lowest BCUT2D eigenvalue weighted by atomic mass is 10.0. The summed E-state index contributed by atoms with van der Waals surface area (Å²) in [6.07, 6.45) is -0.545. The van der Waals surface area contributed by atoms with E-state index in [0.717, 1.165) is 23.3 Å². The van der Waals surface area contributed by atoms with Gasteiger partial charge >= 0.3 is 0 Å². The van der Waals surface area contributed by atoms with E-state index in [4.69, 9.17) is 23.7 Å². The van der Waals surface area contributed by atoms with Gasteiger partial charge in [-0.15, -0.1) is 0 Å². The summed E-state index contributed by atoms with van der Waals surface area (Å²) in [5.41, 5.74) is 1.80. The number of rotatable bonds is 7. The van der Waals surface area contributed by atoms with E-state index in [1.807, 2.05) is 18.2 Å². The van der Waals surface area contributed by atoms with Crippen LogP contribution >= 0.6 is 0 Å². The average Bonchev–Trinajstić information content (AvgIpc) is 2.87. The number of hydrogen-bond acceptors (Lipinski definition) is 8. The molecule has 0 bridgehead atoms. The topological polar surface area (TPSA) is 91.3 Å². The Labute approximate surface area is 196 Å². The van der Waals surface area contributed by atoms with Crippen molar-refractivity contribution in [2.75, 3.05) is 33.5 Å². The summed E-state index contributed by atoms with van der Waals surface area (Å²) in [6, 6.07) is 11.0. The van der Waals surface area contributed by atoms with Crippen LogP contribution in [0.5, 0.6) is 17.2 Å². The molecular weight excluding hydrogens is 443 g/mol. The Hall–Kier alpha value is -2.98. The van der Waals surface area contributed by atoms with E-state index in [0.29, 0.717) is 49.6 Å². The first-order chi connectivity index (χ1) is 16.6. The zero-order valence-corrected chi connectivity index (χ0v) is 18.8. The third-order valence-electron chi connectivity index (χ3n) is 5.99. The average molecular weight is 470 g/mol. The smallest absolute Gasteiger partial charge is 0.161 e. The second kappa shape index (κ2) is 10.1. The van der Waals surface area contributed by atoms with Crippen LogP contribution in [0.25, 0.3) is 10.9 Å². The van der Waals surface area contributed by atoms with Crippen LogP contribution in [0.3, 0.4) is 0 Å². The monoisotopic (exact) mass is 470 g/mol. The maximum Gasteiger partial charge on any atom is 0.161 e. The summed E-state index contributed by atoms with van der Waals surface area (Å²) in [4.78, 5) is 4.10. The van der Waals surface area contributed by atoms with Crippen molar-refractivity contribution in [2.24, 2.45) is 0 Å². The maximum atomic E-state index is 14.6. The zero-order valence-electron chi connectivity index (χ0n) is 18.8. The van der Waals surface area contributed by atoms with Crippen molar-refractivity contribution < 1.29 is 33.2 Å². The Kier molecular flexibility index (Phi) is 6.77. The van der Waals surface area contributed by atoms with Gasteiger partial charge in [0.05, 0.1) is 44.2 Å². The van der Waals surface area contributed by atoms with Crippen LogP contribution in [0, 0.1) is 5.82 Å². The van der Waals surface area contributed by atoms with Crippen LogP contribution in [-0.2, 0) is 16.0 Å². The van der Waals surface area contributed by atoms with Gasteiger partial charge in [-0.25, -0.2) is 4.39 Å². The molecule has 2 aromatic carbocycles. The van der Waals surface area contributed by atoms with E-state index in [1.54, 1.807) is 18.2 Å². The highest BCUT2D eigenvalue weighted by molar-refractivity contribution is 5.84. The number of benzene rings is 2. The molecular formula is C25H27FN2O6. The van der Waals surface area contributed by atoms with Gasteiger partial charge in [0, 0.05) is 23.9 Å². The van der Waals surface area contributed by atoms with Crippen LogP contribution in [0.4, 0.5) is 4.39 Å².